The highest BCUT2D eigenvalue weighted by molar-refractivity contribution is 5.78. The van der Waals surface area contributed by atoms with E-state index in [4.69, 9.17) is 5.73 Å². The van der Waals surface area contributed by atoms with Crippen LogP contribution in [0.1, 0.15) is 39.0 Å². The van der Waals surface area contributed by atoms with Gasteiger partial charge in [0, 0.05) is 12.5 Å². The number of hydrogen-bond acceptors (Lipinski definition) is 3. The first-order valence-electron chi connectivity index (χ1n) is 7.25. The summed E-state index contributed by atoms with van der Waals surface area (Å²) >= 11 is 0. The van der Waals surface area contributed by atoms with Crippen molar-refractivity contribution in [2.45, 2.75) is 45.1 Å². The molecule has 2 aliphatic carbocycles. The molecule has 0 aromatic heterocycles. The lowest BCUT2D eigenvalue weighted by Gasteiger charge is -2.29. The van der Waals surface area contributed by atoms with E-state index >= 15 is 0 Å². The third kappa shape index (κ3) is 3.08. The lowest BCUT2D eigenvalue weighted by Crippen LogP contribution is -2.46. The molecule has 5 unspecified atom stereocenters. The van der Waals surface area contributed by atoms with E-state index < -0.39 is 5.97 Å². The minimum Gasteiger partial charge on any atom is -0.481 e. The van der Waals surface area contributed by atoms with Crippen molar-refractivity contribution in [2.24, 2.45) is 29.4 Å². The first-order chi connectivity index (χ1) is 9.02. The zero-order valence-corrected chi connectivity index (χ0v) is 11.5. The quantitative estimate of drug-likeness (QED) is 0.669. The smallest absolute Gasteiger partial charge is 0.308 e. The van der Waals surface area contributed by atoms with E-state index in [2.05, 4.69) is 5.32 Å². The zero-order valence-electron chi connectivity index (χ0n) is 11.5. The second-order valence-corrected chi connectivity index (χ2v) is 6.17. The van der Waals surface area contributed by atoms with Crippen LogP contribution in [0.3, 0.4) is 0 Å². The van der Waals surface area contributed by atoms with Gasteiger partial charge in [-0.1, -0.05) is 6.92 Å². The van der Waals surface area contributed by atoms with Crippen molar-refractivity contribution >= 4 is 11.9 Å². The Balaban J connectivity index is 1.87. The number of fused-ring (bicyclic) bond motifs is 2. The molecule has 5 nitrogen and oxygen atoms in total. The molecule has 5 heteroatoms. The molecule has 0 aromatic carbocycles. The Morgan fingerprint density at radius 3 is 2.68 bits per heavy atom. The molecule has 1 amide bonds. The van der Waals surface area contributed by atoms with Crippen LogP contribution in [0.25, 0.3) is 0 Å². The second-order valence-electron chi connectivity index (χ2n) is 6.17. The third-order valence-corrected chi connectivity index (χ3v) is 4.80. The van der Waals surface area contributed by atoms with E-state index in [9.17, 15) is 14.7 Å². The van der Waals surface area contributed by atoms with Gasteiger partial charge in [-0.3, -0.25) is 9.59 Å². The van der Waals surface area contributed by atoms with E-state index in [1.165, 1.54) is 0 Å². The van der Waals surface area contributed by atoms with Crippen LogP contribution in [0, 0.1) is 23.7 Å². The maximum atomic E-state index is 11.9. The first-order valence-corrected chi connectivity index (χ1v) is 7.25. The molecular formula is C14H24N2O3. The number of amides is 1. The number of nitrogens with two attached hydrogens (primary N) is 1. The maximum Gasteiger partial charge on any atom is 0.308 e. The number of rotatable bonds is 6. The lowest BCUT2D eigenvalue weighted by atomic mass is 9.84. The number of carbonyl (C=O) groups excluding carboxylic acids is 1. The van der Waals surface area contributed by atoms with Gasteiger partial charge in [-0.15, -0.1) is 0 Å². The fraction of sp³-hybridized carbons (Fsp3) is 0.857. The summed E-state index contributed by atoms with van der Waals surface area (Å²) in [6.07, 6.45) is 4.22. The highest BCUT2D eigenvalue weighted by Crippen LogP contribution is 2.48. The molecule has 2 fully saturated rings. The van der Waals surface area contributed by atoms with Crippen molar-refractivity contribution < 1.29 is 14.7 Å². The SMILES string of the molecule is CC(CN)CCC(=O)NC1C2CCC(C2)C1C(=O)O. The Labute approximate surface area is 113 Å². The van der Waals surface area contributed by atoms with Crippen LogP contribution in [-0.2, 0) is 9.59 Å². The maximum absolute atomic E-state index is 11.9. The molecule has 0 radical (unpaired) electrons. The summed E-state index contributed by atoms with van der Waals surface area (Å²) in [6.45, 7) is 2.60. The van der Waals surface area contributed by atoms with Gasteiger partial charge in [0.2, 0.25) is 5.91 Å². The largest absolute Gasteiger partial charge is 0.481 e. The fourth-order valence-corrected chi connectivity index (χ4v) is 3.61. The van der Waals surface area contributed by atoms with Crippen molar-refractivity contribution in [2.75, 3.05) is 6.54 Å². The summed E-state index contributed by atoms with van der Waals surface area (Å²) in [5.41, 5.74) is 5.52. The molecule has 5 atom stereocenters. The van der Waals surface area contributed by atoms with Crippen LogP contribution in [0.2, 0.25) is 0 Å². The first kappa shape index (κ1) is 14.3. The monoisotopic (exact) mass is 268 g/mol. The van der Waals surface area contributed by atoms with Crippen LogP contribution < -0.4 is 11.1 Å². The minimum absolute atomic E-state index is 0.0240. The Morgan fingerprint density at radius 1 is 1.37 bits per heavy atom. The van der Waals surface area contributed by atoms with Gasteiger partial charge in [0.15, 0.2) is 0 Å². The van der Waals surface area contributed by atoms with Gasteiger partial charge in [-0.2, -0.15) is 0 Å². The molecule has 0 aliphatic heterocycles. The number of carboxylic acid groups (broad SMARTS) is 1. The Kier molecular flexibility index (Phi) is 4.45. The van der Waals surface area contributed by atoms with Gasteiger partial charge in [0.05, 0.1) is 5.92 Å². The average molecular weight is 268 g/mol. The van der Waals surface area contributed by atoms with Gasteiger partial charge >= 0.3 is 5.97 Å². The molecule has 0 aromatic rings. The van der Waals surface area contributed by atoms with Crippen molar-refractivity contribution in [1.82, 2.24) is 5.32 Å². The summed E-state index contributed by atoms with van der Waals surface area (Å²) < 4.78 is 0. The van der Waals surface area contributed by atoms with E-state index in [1.807, 2.05) is 6.92 Å². The molecule has 0 spiro atoms. The fourth-order valence-electron chi connectivity index (χ4n) is 3.61. The summed E-state index contributed by atoms with van der Waals surface area (Å²) in [5, 5.41) is 12.3. The van der Waals surface area contributed by atoms with Crippen molar-refractivity contribution in [1.29, 1.82) is 0 Å². The van der Waals surface area contributed by atoms with Crippen LogP contribution >= 0.6 is 0 Å². The van der Waals surface area contributed by atoms with Crippen molar-refractivity contribution in [3.8, 4) is 0 Å². The zero-order chi connectivity index (χ0) is 14.0. The number of nitrogens with one attached hydrogen (secondary N) is 1. The molecule has 4 N–H and O–H groups in total. The Morgan fingerprint density at radius 2 is 2.05 bits per heavy atom. The molecule has 19 heavy (non-hydrogen) atoms. The highest BCUT2D eigenvalue weighted by Gasteiger charge is 2.51. The summed E-state index contributed by atoms with van der Waals surface area (Å²) in [5.74, 6) is -0.203. The molecule has 2 aliphatic rings. The predicted molar refractivity (Wildman–Crippen MR) is 71.3 cm³/mol. The standard InChI is InChI=1S/C14H24N2O3/c1-8(7-15)2-5-11(17)16-13-10-4-3-9(6-10)12(13)14(18)19/h8-10,12-13H,2-7,15H2,1H3,(H,16,17)(H,18,19). The van der Waals surface area contributed by atoms with E-state index in [0.717, 1.165) is 25.7 Å². The highest BCUT2D eigenvalue weighted by atomic mass is 16.4. The lowest BCUT2D eigenvalue weighted by molar-refractivity contribution is -0.144. The summed E-state index contributed by atoms with van der Waals surface area (Å²) in [7, 11) is 0. The third-order valence-electron chi connectivity index (χ3n) is 4.80. The van der Waals surface area contributed by atoms with Gasteiger partial charge in [0.1, 0.15) is 0 Å². The summed E-state index contributed by atoms with van der Waals surface area (Å²) in [6, 6.07) is -0.156. The molecule has 2 bridgehead atoms. The van der Waals surface area contributed by atoms with Crippen LogP contribution in [0.5, 0.6) is 0 Å². The average Bonchev–Trinajstić information content (AvgIpc) is 2.96. The minimum atomic E-state index is -0.757. The van der Waals surface area contributed by atoms with Crippen LogP contribution in [0.4, 0.5) is 0 Å². The molecular weight excluding hydrogens is 244 g/mol. The van der Waals surface area contributed by atoms with Gasteiger partial charge in [0.25, 0.3) is 0 Å². The van der Waals surface area contributed by atoms with Gasteiger partial charge < -0.3 is 16.2 Å². The number of hydrogen-bond donors (Lipinski definition) is 3. The van der Waals surface area contributed by atoms with Crippen molar-refractivity contribution in [3.63, 3.8) is 0 Å². The molecule has 2 rings (SSSR count). The number of carbonyl (C=O) groups is 2. The topological polar surface area (TPSA) is 92.4 Å². The van der Waals surface area contributed by atoms with Gasteiger partial charge in [-0.25, -0.2) is 0 Å². The predicted octanol–water partition coefficient (Wildman–Crippen LogP) is 0.977. The number of carboxylic acids is 1. The number of aliphatic carboxylic acids is 1. The molecule has 0 saturated heterocycles. The van der Waals surface area contributed by atoms with Crippen LogP contribution in [0.15, 0.2) is 0 Å². The normalized spacial score (nSPS) is 34.2. The van der Waals surface area contributed by atoms with Gasteiger partial charge in [-0.05, 0) is 50.0 Å². The molecule has 0 heterocycles. The second kappa shape index (κ2) is 5.90. The molecule has 2 saturated carbocycles. The summed E-state index contributed by atoms with van der Waals surface area (Å²) in [4.78, 5) is 23.2. The Bertz CT molecular complexity index is 359. The molecule has 108 valence electrons. The van der Waals surface area contributed by atoms with E-state index in [1.54, 1.807) is 0 Å². The van der Waals surface area contributed by atoms with Crippen molar-refractivity contribution in [3.05, 3.63) is 0 Å². The van der Waals surface area contributed by atoms with E-state index in [0.29, 0.717) is 24.8 Å². The Hall–Kier alpha value is -1.10. The van der Waals surface area contributed by atoms with E-state index in [-0.39, 0.29) is 23.8 Å². The van der Waals surface area contributed by atoms with Crippen LogP contribution in [-0.4, -0.2) is 29.6 Å².